The van der Waals surface area contributed by atoms with Gasteiger partial charge in [0, 0.05) is 12.5 Å². The van der Waals surface area contributed by atoms with Crippen LogP contribution in [-0.2, 0) is 43.8 Å². The van der Waals surface area contributed by atoms with E-state index in [1.165, 1.54) is 6.42 Å². The Morgan fingerprint density at radius 2 is 1.83 bits per heavy atom. The molecular weight excluding hydrogens is 556 g/mol. The van der Waals surface area contributed by atoms with E-state index in [1.54, 1.807) is 34.8 Å². The van der Waals surface area contributed by atoms with E-state index in [9.17, 15) is 13.5 Å². The summed E-state index contributed by atoms with van der Waals surface area (Å²) >= 11 is 0. The number of methoxy groups -OCH3 is 1. The van der Waals surface area contributed by atoms with Gasteiger partial charge in [-0.05, 0) is 72.3 Å². The normalized spacial score (nSPS) is 35.8. The van der Waals surface area contributed by atoms with E-state index in [-0.39, 0.29) is 12.7 Å². The lowest BCUT2D eigenvalue weighted by Crippen LogP contribution is -2.60. The molecule has 6 atom stereocenters. The molecule has 3 N–H and O–H groups in total. The van der Waals surface area contributed by atoms with Gasteiger partial charge in [0.2, 0.25) is 5.79 Å². The van der Waals surface area contributed by atoms with Crippen LogP contribution >= 0.6 is 0 Å². The third kappa shape index (κ3) is 7.58. The molecule has 0 radical (unpaired) electrons. The van der Waals surface area contributed by atoms with Crippen molar-refractivity contribution in [3.05, 3.63) is 29.8 Å². The van der Waals surface area contributed by atoms with Crippen molar-refractivity contribution in [3.8, 4) is 5.75 Å². The molecule has 234 valence electrons. The van der Waals surface area contributed by atoms with Crippen molar-refractivity contribution in [1.29, 1.82) is 0 Å². The number of hydrogen-bond acceptors (Lipinski definition) is 11. The highest BCUT2D eigenvalue weighted by Gasteiger charge is 2.65. The van der Waals surface area contributed by atoms with Crippen LogP contribution in [0.5, 0.6) is 5.75 Å². The quantitative estimate of drug-likeness (QED) is 0.473. The molecule has 0 spiro atoms. The molecule has 1 aromatic rings. The molecular formula is C28H46N2O10S. The Morgan fingerprint density at radius 3 is 2.49 bits per heavy atom. The highest BCUT2D eigenvalue weighted by molar-refractivity contribution is 7.84. The fraction of sp³-hybridized carbons (Fsp3) is 0.786. The first-order valence-electron chi connectivity index (χ1n) is 14.0. The van der Waals surface area contributed by atoms with E-state index in [2.05, 4.69) is 19.0 Å². The second-order valence-electron chi connectivity index (χ2n) is 12.4. The van der Waals surface area contributed by atoms with E-state index in [0.29, 0.717) is 5.92 Å². The van der Waals surface area contributed by atoms with Crippen LogP contribution < -0.4 is 9.88 Å². The fourth-order valence-electron chi connectivity index (χ4n) is 6.30. The monoisotopic (exact) mass is 602 g/mol. The molecule has 0 bridgehead atoms. The van der Waals surface area contributed by atoms with Gasteiger partial charge >= 0.3 is 10.3 Å². The first-order chi connectivity index (χ1) is 19.0. The maximum absolute atomic E-state index is 11.2. The summed E-state index contributed by atoms with van der Waals surface area (Å²) < 4.78 is 61.2. The summed E-state index contributed by atoms with van der Waals surface area (Å²) in [7, 11) is 1.67. The van der Waals surface area contributed by atoms with Crippen molar-refractivity contribution in [2.75, 3.05) is 41.0 Å². The molecule has 3 saturated heterocycles. The minimum absolute atomic E-state index is 0.165. The molecule has 0 aromatic heterocycles. The molecule has 1 aliphatic carbocycles. The number of benzene rings is 1. The fourth-order valence-corrected chi connectivity index (χ4v) is 6.62. The van der Waals surface area contributed by atoms with Crippen LogP contribution in [0.15, 0.2) is 24.3 Å². The topological polar surface area (TPSA) is 148 Å². The first kappa shape index (κ1) is 32.5. The second kappa shape index (κ2) is 11.9. The van der Waals surface area contributed by atoms with Crippen LogP contribution in [0.25, 0.3) is 0 Å². The molecule has 0 amide bonds. The highest BCUT2D eigenvalue weighted by atomic mass is 32.2. The number of fused-ring (bicyclic) bond motifs is 3. The van der Waals surface area contributed by atoms with Crippen LogP contribution in [0.2, 0.25) is 0 Å². The van der Waals surface area contributed by atoms with Crippen molar-refractivity contribution in [2.45, 2.75) is 94.7 Å². The lowest BCUT2D eigenvalue weighted by molar-refractivity contribution is -0.290. The van der Waals surface area contributed by atoms with Gasteiger partial charge in [0.1, 0.15) is 30.7 Å². The van der Waals surface area contributed by atoms with Gasteiger partial charge in [0.25, 0.3) is 0 Å². The van der Waals surface area contributed by atoms with E-state index >= 15 is 0 Å². The molecule has 4 aliphatic rings. The van der Waals surface area contributed by atoms with E-state index in [1.807, 2.05) is 24.3 Å². The smallest absolute Gasteiger partial charge is 0.333 e. The molecule has 1 aromatic carbocycles. The SMILES string of the molecule is CC1(C)O[C@@H]2[C@@H](CO[C@@]3(COS(N)(=O)=O)OC(C)(C)O[C@@H]23)O1.COc1cccc([C@@]2(O)CCCC[C@@H]2CN(C)C)c1. The van der Waals surface area contributed by atoms with Crippen LogP contribution in [0.4, 0.5) is 0 Å². The first-order valence-corrected chi connectivity index (χ1v) is 15.5. The minimum Gasteiger partial charge on any atom is -0.497 e. The summed E-state index contributed by atoms with van der Waals surface area (Å²) in [6, 6.07) is 7.90. The molecule has 4 fully saturated rings. The molecule has 5 rings (SSSR count). The zero-order chi connectivity index (χ0) is 30.3. The molecule has 13 heteroatoms. The maximum Gasteiger partial charge on any atom is 0.333 e. The number of ether oxygens (including phenoxy) is 6. The highest BCUT2D eigenvalue weighted by Crippen LogP contribution is 2.47. The van der Waals surface area contributed by atoms with Crippen molar-refractivity contribution in [2.24, 2.45) is 11.1 Å². The van der Waals surface area contributed by atoms with Crippen LogP contribution in [0.3, 0.4) is 0 Å². The number of hydrogen-bond donors (Lipinski definition) is 2. The summed E-state index contributed by atoms with van der Waals surface area (Å²) in [5, 5.41) is 16.1. The van der Waals surface area contributed by atoms with E-state index < -0.39 is 52.1 Å². The van der Waals surface area contributed by atoms with Crippen LogP contribution in [0, 0.1) is 5.92 Å². The van der Waals surface area contributed by atoms with E-state index in [0.717, 1.165) is 37.1 Å². The van der Waals surface area contributed by atoms with Gasteiger partial charge < -0.3 is 38.4 Å². The van der Waals surface area contributed by atoms with Gasteiger partial charge in [0.15, 0.2) is 11.6 Å². The Kier molecular flexibility index (Phi) is 9.48. The lowest BCUT2D eigenvalue weighted by Gasteiger charge is -2.41. The lowest BCUT2D eigenvalue weighted by atomic mass is 9.71. The van der Waals surface area contributed by atoms with Gasteiger partial charge in [0.05, 0.1) is 19.3 Å². The average molecular weight is 603 g/mol. The Bertz CT molecular complexity index is 1160. The Balaban J connectivity index is 0.000000191. The maximum atomic E-state index is 11.2. The third-order valence-electron chi connectivity index (χ3n) is 7.89. The van der Waals surface area contributed by atoms with E-state index in [4.69, 9.17) is 37.7 Å². The zero-order valence-electron chi connectivity index (χ0n) is 25.1. The third-order valence-corrected chi connectivity index (χ3v) is 8.34. The van der Waals surface area contributed by atoms with Crippen molar-refractivity contribution in [1.82, 2.24) is 4.90 Å². The van der Waals surface area contributed by atoms with Gasteiger partial charge in [-0.25, -0.2) is 5.14 Å². The average Bonchev–Trinajstić information content (AvgIpc) is 3.35. The molecule has 41 heavy (non-hydrogen) atoms. The second-order valence-corrected chi connectivity index (χ2v) is 13.6. The van der Waals surface area contributed by atoms with Gasteiger partial charge in [-0.15, -0.1) is 0 Å². The van der Waals surface area contributed by atoms with Crippen LogP contribution in [0.1, 0.15) is 58.9 Å². The predicted octanol–water partition coefficient (Wildman–Crippen LogP) is 2.24. The molecule has 12 nitrogen and oxygen atoms in total. The number of aliphatic hydroxyl groups is 1. The number of nitrogens with zero attached hydrogens (tertiary/aromatic N) is 1. The largest absolute Gasteiger partial charge is 0.497 e. The Labute approximate surface area is 243 Å². The van der Waals surface area contributed by atoms with Crippen molar-refractivity contribution in [3.63, 3.8) is 0 Å². The minimum atomic E-state index is -4.14. The zero-order valence-corrected chi connectivity index (χ0v) is 25.9. The van der Waals surface area contributed by atoms with Gasteiger partial charge in [-0.2, -0.15) is 8.42 Å². The summed E-state index contributed by atoms with van der Waals surface area (Å²) in [6.07, 6.45) is 2.74. The number of nitrogens with two attached hydrogens (primary N) is 1. The van der Waals surface area contributed by atoms with Crippen molar-refractivity contribution < 1.29 is 46.1 Å². The summed E-state index contributed by atoms with van der Waals surface area (Å²) in [5.74, 6) is -2.08. The molecule has 3 heterocycles. The molecule has 0 unspecified atom stereocenters. The summed E-state index contributed by atoms with van der Waals surface area (Å²) in [6.45, 7) is 7.63. The van der Waals surface area contributed by atoms with Crippen molar-refractivity contribution >= 4 is 10.3 Å². The molecule has 1 saturated carbocycles. The molecule has 3 aliphatic heterocycles. The predicted molar refractivity (Wildman–Crippen MR) is 149 cm³/mol. The Hall–Kier alpha value is -1.39. The standard InChI is InChI=1S/C16H25NO2.C12H21NO8S/c1-17(2)12-14-7-4-5-10-16(14,18)13-8-6-9-15(11-13)19-3;1-10(2)18-7-5-16-12(6-17-22(13,14)15)9(8(7)19-10)20-11(3,4)21-12/h6,8-9,11,14,18H,4-5,7,10,12H2,1-3H3;7-9H,5-6H2,1-4H3,(H2,13,14,15)/t14-,16+;7-,8-,9+,12+/m11/s1. The number of rotatable bonds is 7. The Morgan fingerprint density at radius 1 is 1.10 bits per heavy atom. The van der Waals surface area contributed by atoms with Gasteiger partial charge in [-0.1, -0.05) is 25.0 Å². The summed E-state index contributed by atoms with van der Waals surface area (Å²) in [5.41, 5.74) is 0.287. The summed E-state index contributed by atoms with van der Waals surface area (Å²) in [4.78, 5) is 2.17. The van der Waals surface area contributed by atoms with Gasteiger partial charge in [-0.3, -0.25) is 4.18 Å². The van der Waals surface area contributed by atoms with Crippen LogP contribution in [-0.4, -0.2) is 95.1 Å².